The van der Waals surface area contributed by atoms with Crippen LogP contribution in [0.3, 0.4) is 0 Å². The second kappa shape index (κ2) is 11.7. The molecule has 0 spiro atoms. The van der Waals surface area contributed by atoms with Crippen molar-refractivity contribution in [2.45, 2.75) is 35.7 Å². The zero-order chi connectivity index (χ0) is 30.2. The van der Waals surface area contributed by atoms with E-state index in [1.165, 1.54) is 23.9 Å². The molecule has 0 amide bonds. The van der Waals surface area contributed by atoms with Crippen LogP contribution in [-0.4, -0.2) is 24.7 Å². The minimum absolute atomic E-state index is 0.0631. The molecule has 1 fully saturated rings. The zero-order valence-corrected chi connectivity index (χ0v) is 25.5. The number of nitrogens with zero attached hydrogens (tertiary/aromatic N) is 4. The zero-order valence-electron chi connectivity index (χ0n) is 23.1. The van der Waals surface area contributed by atoms with Gasteiger partial charge in [-0.25, -0.2) is 0 Å². The third-order valence-corrected chi connectivity index (χ3v) is 9.03. The molecular formula is C32H26ClN5O3S2. The summed E-state index contributed by atoms with van der Waals surface area (Å²) < 4.78 is 2.01. The molecule has 2 aromatic heterocycles. The number of pyridine rings is 1. The molecule has 5 aromatic rings. The number of aryl methyl sites for hydroxylation is 1. The first-order valence-electron chi connectivity index (χ1n) is 13.4. The first-order chi connectivity index (χ1) is 20.7. The second-order valence-corrected chi connectivity index (χ2v) is 12.1. The van der Waals surface area contributed by atoms with Gasteiger partial charge in [-0.05, 0) is 104 Å². The normalized spacial score (nSPS) is 16.3. The fraction of sp³-hybridized carbons (Fsp3) is 0.125. The highest BCUT2D eigenvalue weighted by Gasteiger charge is 2.42. The van der Waals surface area contributed by atoms with E-state index >= 15 is 0 Å². The number of thiocarbonyl (C=S) groups is 1. The Morgan fingerprint density at radius 3 is 2.35 bits per heavy atom. The maximum absolute atomic E-state index is 11.0. The molecule has 1 aliphatic heterocycles. The number of hydrogen-bond donors (Lipinski definition) is 2. The van der Waals surface area contributed by atoms with Crippen LogP contribution in [0.15, 0.2) is 107 Å². The van der Waals surface area contributed by atoms with Crippen LogP contribution in [0.4, 0.5) is 11.4 Å². The summed E-state index contributed by atoms with van der Waals surface area (Å²) in [6, 6.07) is 27.1. The molecule has 0 aliphatic carbocycles. The molecule has 1 saturated heterocycles. The van der Waals surface area contributed by atoms with E-state index in [-0.39, 0.29) is 23.5 Å². The van der Waals surface area contributed by atoms with Gasteiger partial charge in [-0.3, -0.25) is 15.1 Å². The minimum Gasteiger partial charge on any atom is -0.506 e. The van der Waals surface area contributed by atoms with Crippen LogP contribution in [0.2, 0.25) is 5.02 Å². The molecule has 0 unspecified atom stereocenters. The van der Waals surface area contributed by atoms with Crippen molar-refractivity contribution in [3.05, 3.63) is 135 Å². The van der Waals surface area contributed by atoms with Crippen LogP contribution in [0.1, 0.15) is 34.7 Å². The summed E-state index contributed by atoms with van der Waals surface area (Å²) in [5, 5.41) is 26.3. The largest absolute Gasteiger partial charge is 0.506 e. The van der Waals surface area contributed by atoms with Crippen molar-refractivity contribution >= 4 is 52.1 Å². The Morgan fingerprint density at radius 1 is 1.00 bits per heavy atom. The molecule has 216 valence electrons. The Hall–Kier alpha value is -4.38. The number of nitro benzene ring substituents is 1. The van der Waals surface area contributed by atoms with Crippen LogP contribution < -0.4 is 10.2 Å². The number of phenols is 1. The van der Waals surface area contributed by atoms with Gasteiger partial charge in [-0.2, -0.15) is 0 Å². The number of phenolic OH excluding ortho intramolecular Hbond substituents is 1. The van der Waals surface area contributed by atoms with Crippen molar-refractivity contribution in [3.8, 4) is 11.4 Å². The Bertz CT molecular complexity index is 1830. The summed E-state index contributed by atoms with van der Waals surface area (Å²) in [7, 11) is 0. The lowest BCUT2D eigenvalue weighted by atomic mass is 9.96. The highest BCUT2D eigenvalue weighted by molar-refractivity contribution is 7.99. The molecule has 3 aromatic carbocycles. The fourth-order valence-electron chi connectivity index (χ4n) is 5.53. The van der Waals surface area contributed by atoms with Gasteiger partial charge >= 0.3 is 0 Å². The molecule has 11 heteroatoms. The lowest BCUT2D eigenvalue weighted by Gasteiger charge is -2.28. The van der Waals surface area contributed by atoms with Gasteiger partial charge in [-0.15, -0.1) is 0 Å². The van der Waals surface area contributed by atoms with E-state index in [1.807, 2.05) is 60.9 Å². The van der Waals surface area contributed by atoms with Crippen LogP contribution in [0.5, 0.6) is 5.75 Å². The smallest absolute Gasteiger partial charge is 0.269 e. The molecule has 0 saturated carbocycles. The van der Waals surface area contributed by atoms with Gasteiger partial charge in [-0.1, -0.05) is 29.4 Å². The number of non-ortho nitro benzene ring substituents is 1. The number of rotatable bonds is 7. The predicted molar refractivity (Wildman–Crippen MR) is 174 cm³/mol. The number of benzene rings is 3. The van der Waals surface area contributed by atoms with Crippen LogP contribution in [-0.2, 0) is 0 Å². The molecule has 8 nitrogen and oxygen atoms in total. The van der Waals surface area contributed by atoms with Crippen molar-refractivity contribution in [2.24, 2.45) is 0 Å². The Balaban J connectivity index is 1.39. The lowest BCUT2D eigenvalue weighted by molar-refractivity contribution is -0.384. The maximum Gasteiger partial charge on any atom is 0.269 e. The van der Waals surface area contributed by atoms with Crippen molar-refractivity contribution in [1.82, 2.24) is 14.9 Å². The van der Waals surface area contributed by atoms with E-state index in [2.05, 4.69) is 21.3 Å². The molecule has 1 aliphatic rings. The van der Waals surface area contributed by atoms with Gasteiger partial charge < -0.3 is 19.9 Å². The van der Waals surface area contributed by atoms with E-state index in [9.17, 15) is 15.2 Å². The second-order valence-electron chi connectivity index (χ2n) is 10.1. The molecule has 2 atom stereocenters. The third-order valence-electron chi connectivity index (χ3n) is 7.46. The number of halogens is 1. The van der Waals surface area contributed by atoms with E-state index in [1.54, 1.807) is 36.5 Å². The molecule has 6 rings (SSSR count). The van der Waals surface area contributed by atoms with Crippen LogP contribution in [0.25, 0.3) is 5.69 Å². The monoisotopic (exact) mass is 627 g/mol. The number of hydrogen-bond acceptors (Lipinski definition) is 6. The molecule has 3 heterocycles. The summed E-state index contributed by atoms with van der Waals surface area (Å²) in [5.74, 6) is 0.136. The molecular weight excluding hydrogens is 602 g/mol. The molecule has 2 N–H and O–H groups in total. The maximum atomic E-state index is 11.0. The first-order valence-corrected chi connectivity index (χ1v) is 15.0. The fourth-order valence-corrected chi connectivity index (χ4v) is 6.86. The van der Waals surface area contributed by atoms with Crippen LogP contribution in [0, 0.1) is 24.0 Å². The van der Waals surface area contributed by atoms with E-state index < -0.39 is 4.92 Å². The molecule has 0 bridgehead atoms. The summed E-state index contributed by atoms with van der Waals surface area (Å²) in [4.78, 5) is 19.3. The van der Waals surface area contributed by atoms with E-state index in [0.717, 1.165) is 38.1 Å². The molecule has 43 heavy (non-hydrogen) atoms. The average molecular weight is 628 g/mol. The van der Waals surface area contributed by atoms with Gasteiger partial charge in [0.15, 0.2) is 5.11 Å². The SMILES string of the molecule is Cc1cc([C@@H]2[C@H](c3ccccn3)NC(=S)N2c2ccc(Sc3ccc([N+](=O)[O-])cc3)cc2)c(C)n1-c1cc(Cl)ccc1O. The number of nitrogens with one attached hydrogen (secondary N) is 1. The van der Waals surface area contributed by atoms with Gasteiger partial charge in [0.2, 0.25) is 0 Å². The standard InChI is InChI=1S/C32H26ClN5O3S2/c1-19-17-26(20(2)36(19)28-18-21(33)6-15-29(28)39)31-30(27-5-3-4-16-34-27)35-32(42)37(31)22-7-11-24(12-8-22)43-25-13-9-23(10-14-25)38(40)41/h3-18,30-31,39H,1-2H3,(H,35,42)/t30-,31+/m0/s1. The van der Waals surface area contributed by atoms with Gasteiger partial charge in [0.1, 0.15) is 5.75 Å². The number of aromatic nitrogens is 2. The van der Waals surface area contributed by atoms with Crippen molar-refractivity contribution < 1.29 is 10.0 Å². The first kappa shape index (κ1) is 28.7. The topological polar surface area (TPSA) is 96.5 Å². The predicted octanol–water partition coefficient (Wildman–Crippen LogP) is 8.08. The van der Waals surface area contributed by atoms with Crippen molar-refractivity contribution in [1.29, 1.82) is 0 Å². The number of nitro groups is 1. The van der Waals surface area contributed by atoms with Crippen molar-refractivity contribution in [2.75, 3.05) is 4.90 Å². The third kappa shape index (κ3) is 5.56. The van der Waals surface area contributed by atoms with Crippen LogP contribution >= 0.6 is 35.6 Å². The van der Waals surface area contributed by atoms with Crippen molar-refractivity contribution in [3.63, 3.8) is 0 Å². The highest BCUT2D eigenvalue weighted by Crippen LogP contribution is 2.45. The Morgan fingerprint density at radius 2 is 1.70 bits per heavy atom. The number of aromatic hydroxyl groups is 1. The lowest BCUT2D eigenvalue weighted by Crippen LogP contribution is -2.29. The van der Waals surface area contributed by atoms with Gasteiger partial charge in [0.05, 0.1) is 28.4 Å². The minimum atomic E-state index is -0.403. The summed E-state index contributed by atoms with van der Waals surface area (Å²) in [5.41, 5.74) is 5.36. The van der Waals surface area contributed by atoms with Gasteiger partial charge in [0.25, 0.3) is 5.69 Å². The summed E-state index contributed by atoms with van der Waals surface area (Å²) in [6.45, 7) is 4.03. The summed E-state index contributed by atoms with van der Waals surface area (Å²) in [6.07, 6.45) is 1.78. The number of anilines is 1. The van der Waals surface area contributed by atoms with E-state index in [0.29, 0.717) is 15.8 Å². The van der Waals surface area contributed by atoms with E-state index in [4.69, 9.17) is 23.8 Å². The molecule has 0 radical (unpaired) electrons. The Labute approximate surface area is 263 Å². The highest BCUT2D eigenvalue weighted by atomic mass is 35.5. The quantitative estimate of drug-likeness (QED) is 0.106. The summed E-state index contributed by atoms with van der Waals surface area (Å²) >= 11 is 13.8. The van der Waals surface area contributed by atoms with Gasteiger partial charge in [0, 0.05) is 50.2 Å². The Kier molecular flexibility index (Phi) is 7.83. The average Bonchev–Trinajstić information content (AvgIpc) is 3.50.